The molecule has 2 aliphatic heterocycles. The second-order valence-electron chi connectivity index (χ2n) is 7.64. The molecule has 0 spiro atoms. The van der Waals surface area contributed by atoms with Crippen molar-refractivity contribution in [2.24, 2.45) is 15.9 Å². The lowest BCUT2D eigenvalue weighted by molar-refractivity contribution is 0.0951. The SMILES string of the molecule is Cc1ccc(-c2cccc(C(=O)NC3CC3)c2)c2c1N=C1N=CC(C)C=C12. The van der Waals surface area contributed by atoms with Crippen LogP contribution in [0.2, 0.25) is 0 Å². The van der Waals surface area contributed by atoms with Gasteiger partial charge in [0.25, 0.3) is 5.91 Å². The van der Waals surface area contributed by atoms with Crippen LogP contribution in [-0.2, 0) is 0 Å². The van der Waals surface area contributed by atoms with Crippen molar-refractivity contribution in [2.75, 3.05) is 0 Å². The first-order valence-electron chi connectivity index (χ1n) is 9.50. The normalized spacial score (nSPS) is 19.9. The minimum absolute atomic E-state index is 0.00940. The summed E-state index contributed by atoms with van der Waals surface area (Å²) in [4.78, 5) is 21.8. The van der Waals surface area contributed by atoms with Gasteiger partial charge in [0.15, 0.2) is 5.84 Å². The third-order valence-electron chi connectivity index (χ3n) is 5.32. The molecule has 1 fully saturated rings. The highest BCUT2D eigenvalue weighted by atomic mass is 16.1. The summed E-state index contributed by atoms with van der Waals surface area (Å²) in [7, 11) is 0. The van der Waals surface area contributed by atoms with Crippen molar-refractivity contribution < 1.29 is 4.79 Å². The van der Waals surface area contributed by atoms with Crippen molar-refractivity contribution in [1.82, 2.24) is 5.32 Å². The zero-order valence-electron chi connectivity index (χ0n) is 15.5. The highest BCUT2D eigenvalue weighted by Gasteiger charge is 2.28. The molecule has 27 heavy (non-hydrogen) atoms. The predicted molar refractivity (Wildman–Crippen MR) is 110 cm³/mol. The van der Waals surface area contributed by atoms with Gasteiger partial charge in [0.1, 0.15) is 0 Å². The maximum atomic E-state index is 12.5. The van der Waals surface area contributed by atoms with E-state index < -0.39 is 0 Å². The van der Waals surface area contributed by atoms with Gasteiger partial charge in [-0.1, -0.05) is 37.3 Å². The second-order valence-corrected chi connectivity index (χ2v) is 7.64. The molecule has 5 rings (SSSR count). The van der Waals surface area contributed by atoms with Crippen molar-refractivity contribution in [3.8, 4) is 11.1 Å². The molecule has 2 heterocycles. The number of aliphatic imine (C=N–C) groups is 2. The van der Waals surface area contributed by atoms with Gasteiger partial charge in [-0.3, -0.25) is 4.79 Å². The van der Waals surface area contributed by atoms with Gasteiger partial charge in [-0.15, -0.1) is 0 Å². The largest absolute Gasteiger partial charge is 0.349 e. The maximum absolute atomic E-state index is 12.5. The standard InChI is InChI=1S/C23H21N3O/c1-13-10-19-20-18(9-6-14(2)21(20)26-22(19)24-12-13)15-4-3-5-16(11-15)23(27)25-17-7-8-17/h3-6,9-13,17H,7-8H2,1-2H3,(H,25,27). The molecule has 0 radical (unpaired) electrons. The van der Waals surface area contributed by atoms with Crippen molar-refractivity contribution >= 4 is 29.2 Å². The summed E-state index contributed by atoms with van der Waals surface area (Å²) in [6, 6.07) is 12.5. The Kier molecular flexibility index (Phi) is 3.61. The van der Waals surface area contributed by atoms with Crippen molar-refractivity contribution in [3.63, 3.8) is 0 Å². The van der Waals surface area contributed by atoms with Crippen LogP contribution < -0.4 is 5.32 Å². The molecule has 1 atom stereocenters. The Hall–Kier alpha value is -3.01. The van der Waals surface area contributed by atoms with Crippen LogP contribution in [0.1, 0.15) is 41.3 Å². The van der Waals surface area contributed by atoms with Gasteiger partial charge in [-0.25, -0.2) is 9.98 Å². The van der Waals surface area contributed by atoms with Gasteiger partial charge in [0, 0.05) is 34.9 Å². The Morgan fingerprint density at radius 2 is 2.04 bits per heavy atom. The molecule has 0 aromatic heterocycles. The van der Waals surface area contributed by atoms with Crippen LogP contribution in [0.15, 0.2) is 52.5 Å². The number of carbonyl (C=O) groups is 1. The molecule has 4 heteroatoms. The first-order chi connectivity index (χ1) is 13.1. The molecule has 4 nitrogen and oxygen atoms in total. The first kappa shape index (κ1) is 16.2. The highest BCUT2D eigenvalue weighted by molar-refractivity contribution is 6.32. The summed E-state index contributed by atoms with van der Waals surface area (Å²) >= 11 is 0. The van der Waals surface area contributed by atoms with Crippen molar-refractivity contribution in [3.05, 3.63) is 59.2 Å². The van der Waals surface area contributed by atoms with E-state index in [0.717, 1.165) is 52.2 Å². The van der Waals surface area contributed by atoms with Crippen LogP contribution in [0.4, 0.5) is 5.69 Å². The zero-order chi connectivity index (χ0) is 18.5. The number of rotatable bonds is 3. The third-order valence-corrected chi connectivity index (χ3v) is 5.32. The number of amides is 1. The van der Waals surface area contributed by atoms with E-state index >= 15 is 0 Å². The summed E-state index contributed by atoms with van der Waals surface area (Å²) in [6.07, 6.45) is 6.34. The topological polar surface area (TPSA) is 53.8 Å². The third kappa shape index (κ3) is 2.81. The Morgan fingerprint density at radius 3 is 2.85 bits per heavy atom. The van der Waals surface area contributed by atoms with Gasteiger partial charge in [-0.05, 0) is 48.6 Å². The minimum atomic E-state index is 0.00940. The van der Waals surface area contributed by atoms with E-state index in [1.165, 1.54) is 0 Å². The number of hydrogen-bond acceptors (Lipinski definition) is 3. The minimum Gasteiger partial charge on any atom is -0.349 e. The van der Waals surface area contributed by atoms with Crippen LogP contribution in [-0.4, -0.2) is 24.0 Å². The quantitative estimate of drug-likeness (QED) is 0.852. The summed E-state index contributed by atoms with van der Waals surface area (Å²) < 4.78 is 0. The Bertz CT molecular complexity index is 1060. The molecule has 1 amide bonds. The highest BCUT2D eigenvalue weighted by Crippen LogP contribution is 2.45. The first-order valence-corrected chi connectivity index (χ1v) is 9.50. The number of hydrogen-bond donors (Lipinski definition) is 1. The zero-order valence-corrected chi connectivity index (χ0v) is 15.5. The number of nitrogens with zero attached hydrogens (tertiary/aromatic N) is 2. The monoisotopic (exact) mass is 355 g/mol. The lowest BCUT2D eigenvalue weighted by atomic mass is 9.89. The fraction of sp³-hybridized carbons (Fsp3) is 0.261. The Labute approximate surface area is 158 Å². The smallest absolute Gasteiger partial charge is 0.251 e. The van der Waals surface area contributed by atoms with Crippen molar-refractivity contribution in [1.29, 1.82) is 0 Å². The summed E-state index contributed by atoms with van der Waals surface area (Å²) in [5, 5.41) is 3.07. The molecule has 1 N–H and O–H groups in total. The molecular weight excluding hydrogens is 334 g/mol. The van der Waals surface area contributed by atoms with Gasteiger partial charge in [-0.2, -0.15) is 0 Å². The summed E-state index contributed by atoms with van der Waals surface area (Å²) in [6.45, 7) is 4.21. The van der Waals surface area contributed by atoms with Gasteiger partial charge >= 0.3 is 0 Å². The number of carbonyl (C=O) groups excluding carboxylic acids is 1. The maximum Gasteiger partial charge on any atom is 0.251 e. The fourth-order valence-corrected chi connectivity index (χ4v) is 3.71. The lowest BCUT2D eigenvalue weighted by Gasteiger charge is -2.15. The van der Waals surface area contributed by atoms with Gasteiger partial charge < -0.3 is 5.32 Å². The number of aryl methyl sites for hydroxylation is 1. The van der Waals surface area contributed by atoms with Crippen LogP contribution in [0.3, 0.4) is 0 Å². The van der Waals surface area contributed by atoms with Crippen LogP contribution in [0.25, 0.3) is 16.7 Å². The predicted octanol–water partition coefficient (Wildman–Crippen LogP) is 4.70. The molecule has 2 aromatic carbocycles. The average molecular weight is 355 g/mol. The van der Waals surface area contributed by atoms with Gasteiger partial charge in [0.2, 0.25) is 0 Å². The lowest BCUT2D eigenvalue weighted by Crippen LogP contribution is -2.25. The molecule has 0 bridgehead atoms. The molecule has 1 saturated carbocycles. The second kappa shape index (κ2) is 6.02. The van der Waals surface area contributed by atoms with Crippen LogP contribution >= 0.6 is 0 Å². The Morgan fingerprint density at radius 1 is 1.19 bits per heavy atom. The average Bonchev–Trinajstić information content (AvgIpc) is 3.40. The van der Waals surface area contributed by atoms with Crippen molar-refractivity contribution in [2.45, 2.75) is 32.7 Å². The molecule has 0 saturated heterocycles. The molecule has 1 unspecified atom stereocenters. The van der Waals surface area contributed by atoms with E-state index in [0.29, 0.717) is 11.6 Å². The Balaban J connectivity index is 1.60. The van der Waals surface area contributed by atoms with E-state index in [-0.39, 0.29) is 11.8 Å². The number of dihydropyridines is 1. The van der Waals surface area contributed by atoms with E-state index in [2.05, 4.69) is 48.4 Å². The van der Waals surface area contributed by atoms with Crippen LogP contribution in [0, 0.1) is 12.8 Å². The van der Waals surface area contributed by atoms with Crippen LogP contribution in [0.5, 0.6) is 0 Å². The van der Waals surface area contributed by atoms with E-state index in [1.54, 1.807) is 0 Å². The number of allylic oxidation sites excluding steroid dienone is 1. The molecule has 3 aliphatic rings. The number of nitrogens with one attached hydrogen (secondary N) is 1. The summed E-state index contributed by atoms with van der Waals surface area (Å²) in [5.41, 5.74) is 7.21. The molecule has 1 aliphatic carbocycles. The van der Waals surface area contributed by atoms with E-state index in [4.69, 9.17) is 4.99 Å². The number of amidine groups is 1. The van der Waals surface area contributed by atoms with E-state index in [9.17, 15) is 4.79 Å². The van der Waals surface area contributed by atoms with Gasteiger partial charge in [0.05, 0.1) is 5.69 Å². The van der Waals surface area contributed by atoms with E-state index in [1.807, 2.05) is 24.4 Å². The molecular formula is C23H21N3O. The number of benzene rings is 2. The molecule has 2 aromatic rings. The summed E-state index contributed by atoms with van der Waals surface area (Å²) in [5.74, 6) is 1.09. The number of fused-ring (bicyclic) bond motifs is 3. The molecule has 134 valence electrons. The fourth-order valence-electron chi connectivity index (χ4n) is 3.71.